The lowest BCUT2D eigenvalue weighted by molar-refractivity contribution is 0.591. The highest BCUT2D eigenvalue weighted by Gasteiger charge is 2.06. The van der Waals surface area contributed by atoms with Crippen LogP contribution in [-0.4, -0.2) is 29.5 Å². The molecule has 2 heterocycles. The SMILES string of the molecule is Cn1ncnc1Cn1ncnc1CCl. The molecule has 0 radical (unpaired) electrons. The minimum absolute atomic E-state index is 0.345. The van der Waals surface area contributed by atoms with Crippen molar-refractivity contribution < 1.29 is 0 Å². The molecule has 0 saturated heterocycles. The predicted octanol–water partition coefficient (Wildman–Crippen LogP) is 0.194. The Morgan fingerprint density at radius 3 is 2.57 bits per heavy atom. The van der Waals surface area contributed by atoms with Crippen molar-refractivity contribution in [1.82, 2.24) is 29.5 Å². The fourth-order valence-electron chi connectivity index (χ4n) is 1.12. The number of aromatic nitrogens is 6. The Hall–Kier alpha value is -1.43. The second-order valence-electron chi connectivity index (χ2n) is 2.77. The van der Waals surface area contributed by atoms with E-state index >= 15 is 0 Å². The van der Waals surface area contributed by atoms with Crippen molar-refractivity contribution in [3.63, 3.8) is 0 Å². The normalized spacial score (nSPS) is 10.7. The largest absolute Gasteiger partial charge is 0.251 e. The molecule has 0 N–H and O–H groups in total. The smallest absolute Gasteiger partial charge is 0.148 e. The van der Waals surface area contributed by atoms with Gasteiger partial charge in [0.25, 0.3) is 0 Å². The van der Waals surface area contributed by atoms with Gasteiger partial charge in [0.1, 0.15) is 30.8 Å². The number of hydrogen-bond acceptors (Lipinski definition) is 4. The minimum atomic E-state index is 0.345. The van der Waals surface area contributed by atoms with Crippen LogP contribution in [0.15, 0.2) is 12.7 Å². The Kier molecular flexibility index (Phi) is 2.45. The molecule has 0 bridgehead atoms. The summed E-state index contributed by atoms with van der Waals surface area (Å²) in [6, 6.07) is 0. The number of halogens is 1. The van der Waals surface area contributed by atoms with Crippen LogP contribution in [0.4, 0.5) is 0 Å². The van der Waals surface area contributed by atoms with E-state index in [9.17, 15) is 0 Å². The third-order valence-corrected chi connectivity index (χ3v) is 2.15. The van der Waals surface area contributed by atoms with Gasteiger partial charge in [-0.25, -0.2) is 14.6 Å². The quantitative estimate of drug-likeness (QED) is 0.682. The fraction of sp³-hybridized carbons (Fsp3) is 0.429. The summed E-state index contributed by atoms with van der Waals surface area (Å²) < 4.78 is 3.40. The predicted molar refractivity (Wildman–Crippen MR) is 49.7 cm³/mol. The summed E-state index contributed by atoms with van der Waals surface area (Å²) in [6.07, 6.45) is 2.99. The van der Waals surface area contributed by atoms with Crippen LogP contribution in [0.5, 0.6) is 0 Å². The van der Waals surface area contributed by atoms with E-state index in [4.69, 9.17) is 11.6 Å². The molecule has 0 atom stereocenters. The van der Waals surface area contributed by atoms with Gasteiger partial charge in [-0.3, -0.25) is 4.68 Å². The first-order chi connectivity index (χ1) is 6.81. The van der Waals surface area contributed by atoms with Gasteiger partial charge in [-0.2, -0.15) is 10.2 Å². The van der Waals surface area contributed by atoms with E-state index in [2.05, 4.69) is 20.2 Å². The summed E-state index contributed by atoms with van der Waals surface area (Å²) in [5.74, 6) is 1.90. The molecule has 0 amide bonds. The van der Waals surface area contributed by atoms with E-state index in [1.165, 1.54) is 12.7 Å². The average Bonchev–Trinajstić information content (AvgIpc) is 2.77. The molecule has 74 valence electrons. The van der Waals surface area contributed by atoms with Crippen LogP contribution < -0.4 is 0 Å². The van der Waals surface area contributed by atoms with Crippen LogP contribution in [0.1, 0.15) is 11.6 Å². The maximum Gasteiger partial charge on any atom is 0.148 e. The molecule has 0 spiro atoms. The number of rotatable bonds is 3. The summed E-state index contributed by atoms with van der Waals surface area (Å²) in [4.78, 5) is 8.09. The second-order valence-corrected chi connectivity index (χ2v) is 3.03. The molecule has 0 aliphatic carbocycles. The molecule has 2 aromatic heterocycles. The van der Waals surface area contributed by atoms with E-state index in [0.717, 1.165) is 11.6 Å². The highest BCUT2D eigenvalue weighted by atomic mass is 35.5. The third-order valence-electron chi connectivity index (χ3n) is 1.91. The van der Waals surface area contributed by atoms with Crippen molar-refractivity contribution in [2.75, 3.05) is 0 Å². The van der Waals surface area contributed by atoms with E-state index in [1.807, 2.05) is 7.05 Å². The zero-order chi connectivity index (χ0) is 9.97. The first-order valence-corrected chi connectivity index (χ1v) is 4.60. The Morgan fingerprint density at radius 1 is 1.21 bits per heavy atom. The van der Waals surface area contributed by atoms with Crippen LogP contribution in [0.25, 0.3) is 0 Å². The Balaban J connectivity index is 2.22. The Labute approximate surface area is 85.5 Å². The van der Waals surface area contributed by atoms with Crippen LogP contribution in [-0.2, 0) is 19.5 Å². The number of nitrogens with zero attached hydrogens (tertiary/aromatic N) is 6. The van der Waals surface area contributed by atoms with Gasteiger partial charge in [-0.15, -0.1) is 11.6 Å². The molecule has 6 nitrogen and oxygen atoms in total. The lowest BCUT2D eigenvalue weighted by Crippen LogP contribution is -2.10. The highest BCUT2D eigenvalue weighted by molar-refractivity contribution is 6.16. The van der Waals surface area contributed by atoms with Gasteiger partial charge in [-0.05, 0) is 0 Å². The van der Waals surface area contributed by atoms with Crippen LogP contribution in [0, 0.1) is 0 Å². The second kappa shape index (κ2) is 3.75. The molecule has 0 aliphatic heterocycles. The molecule has 0 aromatic carbocycles. The van der Waals surface area contributed by atoms with Crippen molar-refractivity contribution in [1.29, 1.82) is 0 Å². The summed E-state index contributed by atoms with van der Waals surface area (Å²) >= 11 is 5.69. The van der Waals surface area contributed by atoms with E-state index < -0.39 is 0 Å². The number of alkyl halides is 1. The van der Waals surface area contributed by atoms with Crippen LogP contribution in [0.3, 0.4) is 0 Å². The van der Waals surface area contributed by atoms with E-state index in [-0.39, 0.29) is 0 Å². The topological polar surface area (TPSA) is 61.4 Å². The van der Waals surface area contributed by atoms with Crippen LogP contribution in [0.2, 0.25) is 0 Å². The molecule has 0 fully saturated rings. The lowest BCUT2D eigenvalue weighted by Gasteiger charge is -2.02. The molecule has 0 aliphatic rings. The lowest BCUT2D eigenvalue weighted by atomic mass is 10.5. The summed E-state index contributed by atoms with van der Waals surface area (Å²) in [5.41, 5.74) is 0. The molecule has 7 heteroatoms. The van der Waals surface area contributed by atoms with Gasteiger partial charge in [-0.1, -0.05) is 0 Å². The van der Waals surface area contributed by atoms with Crippen LogP contribution >= 0.6 is 11.6 Å². The van der Waals surface area contributed by atoms with Gasteiger partial charge in [0, 0.05) is 7.05 Å². The molecular weight excluding hydrogens is 204 g/mol. The Morgan fingerprint density at radius 2 is 1.93 bits per heavy atom. The maximum atomic E-state index is 5.69. The number of aryl methyl sites for hydroxylation is 1. The van der Waals surface area contributed by atoms with Gasteiger partial charge >= 0.3 is 0 Å². The van der Waals surface area contributed by atoms with Crippen molar-refractivity contribution >= 4 is 11.6 Å². The first kappa shape index (κ1) is 9.14. The van der Waals surface area contributed by atoms with E-state index in [0.29, 0.717) is 12.4 Å². The molecule has 2 rings (SSSR count). The van der Waals surface area contributed by atoms with Crippen molar-refractivity contribution in [2.45, 2.75) is 12.4 Å². The van der Waals surface area contributed by atoms with Gasteiger partial charge in [0.2, 0.25) is 0 Å². The molecule has 0 saturated carbocycles. The fourth-order valence-corrected chi connectivity index (χ4v) is 1.33. The highest BCUT2D eigenvalue weighted by Crippen LogP contribution is 2.01. The van der Waals surface area contributed by atoms with Crippen molar-refractivity contribution in [3.05, 3.63) is 24.3 Å². The van der Waals surface area contributed by atoms with Gasteiger partial charge in [0.15, 0.2) is 0 Å². The molecule has 14 heavy (non-hydrogen) atoms. The summed E-state index contributed by atoms with van der Waals surface area (Å²) in [7, 11) is 1.83. The maximum absolute atomic E-state index is 5.69. The molecule has 2 aromatic rings. The third kappa shape index (κ3) is 1.60. The van der Waals surface area contributed by atoms with Crippen molar-refractivity contribution in [3.8, 4) is 0 Å². The number of hydrogen-bond donors (Lipinski definition) is 0. The standard InChI is InChI=1S/C7H9ClN6/c1-13-7(10-4-11-13)3-14-6(2-8)9-5-12-14/h4-5H,2-3H2,1H3. The summed E-state index contributed by atoms with van der Waals surface area (Å²) in [5, 5.41) is 8.01. The van der Waals surface area contributed by atoms with E-state index in [1.54, 1.807) is 9.36 Å². The van der Waals surface area contributed by atoms with Crippen molar-refractivity contribution in [2.24, 2.45) is 7.05 Å². The molecule has 0 unspecified atom stereocenters. The van der Waals surface area contributed by atoms with Gasteiger partial charge < -0.3 is 0 Å². The zero-order valence-electron chi connectivity index (χ0n) is 7.63. The van der Waals surface area contributed by atoms with Gasteiger partial charge in [0.05, 0.1) is 5.88 Å². The summed E-state index contributed by atoms with van der Waals surface area (Å²) in [6.45, 7) is 0.540. The first-order valence-electron chi connectivity index (χ1n) is 4.07. The zero-order valence-corrected chi connectivity index (χ0v) is 8.39. The molecular formula is C7H9ClN6. The Bertz CT molecular complexity index is 419. The minimum Gasteiger partial charge on any atom is -0.251 e. The average molecular weight is 213 g/mol. The monoisotopic (exact) mass is 212 g/mol.